The van der Waals surface area contributed by atoms with Gasteiger partial charge < -0.3 is 5.11 Å². The van der Waals surface area contributed by atoms with Crippen LogP contribution in [0.25, 0.3) is 0 Å². The van der Waals surface area contributed by atoms with Crippen molar-refractivity contribution in [2.75, 3.05) is 11.4 Å². The van der Waals surface area contributed by atoms with E-state index in [4.69, 9.17) is 16.7 Å². The summed E-state index contributed by atoms with van der Waals surface area (Å²) in [5, 5.41) is 9.25. The zero-order valence-electron chi connectivity index (χ0n) is 10.9. The number of carboxylic acid groups (broad SMARTS) is 1. The molecule has 0 aromatic carbocycles. The van der Waals surface area contributed by atoms with E-state index < -0.39 is 5.97 Å². The summed E-state index contributed by atoms with van der Waals surface area (Å²) in [5.41, 5.74) is 0.409. The van der Waals surface area contributed by atoms with Crippen molar-refractivity contribution < 1.29 is 14.7 Å². The number of carbonyl (C=O) groups is 2. The first-order valence-electron chi connectivity index (χ1n) is 6.13. The van der Waals surface area contributed by atoms with E-state index in [2.05, 4.69) is 9.97 Å². The highest BCUT2D eigenvalue weighted by Crippen LogP contribution is 2.17. The molecule has 0 saturated carbocycles. The summed E-state index contributed by atoms with van der Waals surface area (Å²) in [6, 6.07) is 6.29. The Hall–Kier alpha value is -2.47. The Kier molecular flexibility index (Phi) is 4.84. The van der Waals surface area contributed by atoms with Crippen LogP contribution < -0.4 is 4.90 Å². The van der Waals surface area contributed by atoms with Crippen LogP contribution in [0, 0.1) is 0 Å². The van der Waals surface area contributed by atoms with Crippen LogP contribution in [0.2, 0.25) is 5.02 Å². The summed E-state index contributed by atoms with van der Waals surface area (Å²) < 4.78 is 0. The number of pyridine rings is 2. The van der Waals surface area contributed by atoms with Crippen LogP contribution in [-0.4, -0.2) is 33.5 Å². The summed E-state index contributed by atoms with van der Waals surface area (Å²) >= 11 is 5.77. The van der Waals surface area contributed by atoms with E-state index in [1.54, 1.807) is 24.3 Å². The molecular formula is C14H12ClN3O3. The number of nitrogens with zero attached hydrogens (tertiary/aromatic N) is 3. The zero-order valence-corrected chi connectivity index (χ0v) is 11.7. The normalized spacial score (nSPS) is 10.1. The van der Waals surface area contributed by atoms with Gasteiger partial charge >= 0.3 is 5.97 Å². The second kappa shape index (κ2) is 6.81. The first-order chi connectivity index (χ1) is 10.1. The molecule has 1 amide bonds. The molecule has 21 heavy (non-hydrogen) atoms. The van der Waals surface area contributed by atoms with Gasteiger partial charge in [-0.3, -0.25) is 19.5 Å². The van der Waals surface area contributed by atoms with Crippen molar-refractivity contribution in [2.24, 2.45) is 0 Å². The van der Waals surface area contributed by atoms with E-state index in [1.807, 2.05) is 0 Å². The molecule has 0 atom stereocenters. The average molecular weight is 306 g/mol. The number of aromatic nitrogens is 2. The molecule has 0 bridgehead atoms. The van der Waals surface area contributed by atoms with E-state index in [9.17, 15) is 9.59 Å². The van der Waals surface area contributed by atoms with Gasteiger partial charge in [0.2, 0.25) is 0 Å². The van der Waals surface area contributed by atoms with Gasteiger partial charge in [-0.05, 0) is 24.3 Å². The van der Waals surface area contributed by atoms with Crippen LogP contribution in [-0.2, 0) is 4.79 Å². The van der Waals surface area contributed by atoms with Gasteiger partial charge in [0.25, 0.3) is 5.91 Å². The molecule has 0 fully saturated rings. The maximum atomic E-state index is 12.5. The Labute approximate surface area is 126 Å². The lowest BCUT2D eigenvalue weighted by Gasteiger charge is -2.21. The Morgan fingerprint density at radius 2 is 1.90 bits per heavy atom. The van der Waals surface area contributed by atoms with E-state index in [-0.39, 0.29) is 18.9 Å². The third-order valence-electron chi connectivity index (χ3n) is 2.71. The highest BCUT2D eigenvalue weighted by Gasteiger charge is 2.19. The van der Waals surface area contributed by atoms with Crippen LogP contribution in [0.3, 0.4) is 0 Å². The molecule has 108 valence electrons. The second-order valence-electron chi connectivity index (χ2n) is 4.17. The predicted molar refractivity (Wildman–Crippen MR) is 77.4 cm³/mol. The number of carbonyl (C=O) groups excluding carboxylic acids is 1. The summed E-state index contributed by atoms with van der Waals surface area (Å²) in [6.07, 6.45) is 4.22. The number of carboxylic acids is 1. The van der Waals surface area contributed by atoms with Gasteiger partial charge in [0.15, 0.2) is 0 Å². The van der Waals surface area contributed by atoms with Gasteiger partial charge in [0.1, 0.15) is 5.82 Å². The van der Waals surface area contributed by atoms with Crippen LogP contribution in [0.4, 0.5) is 5.82 Å². The molecule has 0 aliphatic heterocycles. The quantitative estimate of drug-likeness (QED) is 0.916. The minimum absolute atomic E-state index is 0.0190. The number of aliphatic carboxylic acids is 1. The lowest BCUT2D eigenvalue weighted by atomic mass is 10.2. The van der Waals surface area contributed by atoms with Crippen LogP contribution in [0.15, 0.2) is 42.9 Å². The number of rotatable bonds is 5. The molecule has 6 nitrogen and oxygen atoms in total. The highest BCUT2D eigenvalue weighted by atomic mass is 35.5. The smallest absolute Gasteiger partial charge is 0.305 e. The molecule has 2 aromatic rings. The van der Waals surface area contributed by atoms with Crippen molar-refractivity contribution in [2.45, 2.75) is 6.42 Å². The molecule has 2 heterocycles. The van der Waals surface area contributed by atoms with E-state index >= 15 is 0 Å². The lowest BCUT2D eigenvalue weighted by Crippen LogP contribution is -2.33. The molecule has 0 saturated heterocycles. The van der Waals surface area contributed by atoms with Gasteiger partial charge in [-0.1, -0.05) is 11.6 Å². The highest BCUT2D eigenvalue weighted by molar-refractivity contribution is 6.30. The van der Waals surface area contributed by atoms with Crippen LogP contribution in [0.5, 0.6) is 0 Å². The molecule has 7 heteroatoms. The van der Waals surface area contributed by atoms with Gasteiger partial charge in [0, 0.05) is 30.7 Å². The average Bonchev–Trinajstić information content (AvgIpc) is 2.49. The second-order valence-corrected chi connectivity index (χ2v) is 4.61. The van der Waals surface area contributed by atoms with Crippen molar-refractivity contribution in [3.63, 3.8) is 0 Å². The minimum atomic E-state index is -0.989. The summed E-state index contributed by atoms with van der Waals surface area (Å²) in [5.74, 6) is -0.979. The van der Waals surface area contributed by atoms with Gasteiger partial charge in [-0.2, -0.15) is 0 Å². The zero-order chi connectivity index (χ0) is 15.2. The molecule has 0 spiro atoms. The Bertz CT molecular complexity index is 632. The largest absolute Gasteiger partial charge is 0.481 e. The molecule has 0 unspecified atom stereocenters. The monoisotopic (exact) mass is 305 g/mol. The molecular weight excluding hydrogens is 294 g/mol. The van der Waals surface area contributed by atoms with Gasteiger partial charge in [0.05, 0.1) is 11.4 Å². The van der Waals surface area contributed by atoms with Crippen molar-refractivity contribution in [3.8, 4) is 0 Å². The predicted octanol–water partition coefficient (Wildman–Crippen LogP) is 2.25. The maximum absolute atomic E-state index is 12.5. The molecule has 2 rings (SSSR count). The first kappa shape index (κ1) is 14.9. The Balaban J connectivity index is 2.29. The van der Waals surface area contributed by atoms with Crippen molar-refractivity contribution in [1.82, 2.24) is 9.97 Å². The van der Waals surface area contributed by atoms with Crippen molar-refractivity contribution in [1.29, 1.82) is 0 Å². The maximum Gasteiger partial charge on any atom is 0.305 e. The fourth-order valence-electron chi connectivity index (χ4n) is 1.71. The summed E-state index contributed by atoms with van der Waals surface area (Å²) in [4.78, 5) is 32.5. The number of hydrogen-bond acceptors (Lipinski definition) is 4. The molecule has 1 N–H and O–H groups in total. The number of anilines is 1. The molecule has 0 radical (unpaired) electrons. The summed E-state index contributed by atoms with van der Waals surface area (Å²) in [6.45, 7) is 0.0190. The fraction of sp³-hybridized carbons (Fsp3) is 0.143. The third-order valence-corrected chi connectivity index (χ3v) is 2.93. The Morgan fingerprint density at radius 3 is 2.48 bits per heavy atom. The molecule has 2 aromatic heterocycles. The van der Waals surface area contributed by atoms with E-state index in [0.29, 0.717) is 16.4 Å². The van der Waals surface area contributed by atoms with Crippen molar-refractivity contribution >= 4 is 29.3 Å². The standard InChI is InChI=1S/C14H12ClN3O3/c15-11-1-2-12(17-9-11)18(8-5-13(19)20)14(21)10-3-6-16-7-4-10/h1-4,6-7,9H,5,8H2,(H,19,20). The van der Waals surface area contributed by atoms with Crippen LogP contribution >= 0.6 is 11.6 Å². The topological polar surface area (TPSA) is 83.4 Å². The Morgan fingerprint density at radius 1 is 1.19 bits per heavy atom. The van der Waals surface area contributed by atoms with E-state index in [0.717, 1.165) is 0 Å². The SMILES string of the molecule is O=C(O)CCN(C(=O)c1ccncc1)c1ccc(Cl)cn1. The molecule has 0 aliphatic rings. The van der Waals surface area contributed by atoms with E-state index in [1.165, 1.54) is 23.5 Å². The van der Waals surface area contributed by atoms with Crippen molar-refractivity contribution in [3.05, 3.63) is 53.4 Å². The molecule has 0 aliphatic carbocycles. The number of amides is 1. The minimum Gasteiger partial charge on any atom is -0.481 e. The van der Waals surface area contributed by atoms with Gasteiger partial charge in [-0.15, -0.1) is 0 Å². The number of hydrogen-bond donors (Lipinski definition) is 1. The van der Waals surface area contributed by atoms with Crippen LogP contribution in [0.1, 0.15) is 16.8 Å². The van der Waals surface area contributed by atoms with Gasteiger partial charge in [-0.25, -0.2) is 4.98 Å². The first-order valence-corrected chi connectivity index (χ1v) is 6.51. The number of halogens is 1. The summed E-state index contributed by atoms with van der Waals surface area (Å²) in [7, 11) is 0. The third kappa shape index (κ3) is 4.00. The lowest BCUT2D eigenvalue weighted by molar-refractivity contribution is -0.136. The fourth-order valence-corrected chi connectivity index (χ4v) is 1.82.